The van der Waals surface area contributed by atoms with Crippen molar-refractivity contribution < 1.29 is 9.90 Å². The van der Waals surface area contributed by atoms with E-state index in [1.54, 1.807) is 11.8 Å². The van der Waals surface area contributed by atoms with Gasteiger partial charge in [0.25, 0.3) is 5.91 Å². The molecule has 1 aliphatic heterocycles. The quantitative estimate of drug-likeness (QED) is 0.832. The summed E-state index contributed by atoms with van der Waals surface area (Å²) in [6.07, 6.45) is 0.585. The highest BCUT2D eigenvalue weighted by Crippen LogP contribution is 2.36. The maximum atomic E-state index is 12.6. The molecule has 112 valence electrons. The molecule has 1 unspecified atom stereocenters. The van der Waals surface area contributed by atoms with Gasteiger partial charge in [-0.05, 0) is 32.8 Å². The van der Waals surface area contributed by atoms with Crippen LogP contribution in [0.25, 0.3) is 10.2 Å². The van der Waals surface area contributed by atoms with E-state index >= 15 is 0 Å². The van der Waals surface area contributed by atoms with Crippen LogP contribution in [0.5, 0.6) is 0 Å². The third-order valence-corrected chi connectivity index (χ3v) is 5.15. The molecule has 2 aromatic rings. The normalized spacial score (nSPS) is 22.2. The maximum absolute atomic E-state index is 12.6. The van der Waals surface area contributed by atoms with Crippen molar-refractivity contribution in [3.8, 4) is 0 Å². The van der Waals surface area contributed by atoms with Crippen molar-refractivity contribution in [2.75, 3.05) is 18.8 Å². The number of aliphatic hydroxyl groups is 1. The van der Waals surface area contributed by atoms with Crippen LogP contribution in [-0.2, 0) is 0 Å². The van der Waals surface area contributed by atoms with Crippen LogP contribution in [0.2, 0.25) is 0 Å². The SMILES string of the molecule is Cc1nnc2sc(C(=O)N3CCC(C)(O)C3)c(N)c2c1C. The Morgan fingerprint density at radius 3 is 2.76 bits per heavy atom. The smallest absolute Gasteiger partial charge is 0.266 e. The van der Waals surface area contributed by atoms with Crippen LogP contribution in [-0.4, -0.2) is 44.8 Å². The Morgan fingerprint density at radius 1 is 1.43 bits per heavy atom. The van der Waals surface area contributed by atoms with E-state index in [1.807, 2.05) is 13.8 Å². The van der Waals surface area contributed by atoms with E-state index in [-0.39, 0.29) is 5.91 Å². The summed E-state index contributed by atoms with van der Waals surface area (Å²) in [5, 5.41) is 19.0. The third-order valence-electron chi connectivity index (χ3n) is 4.07. The molecule has 3 heterocycles. The fourth-order valence-electron chi connectivity index (χ4n) is 2.66. The second kappa shape index (κ2) is 4.64. The molecule has 1 saturated heterocycles. The van der Waals surface area contributed by atoms with Crippen molar-refractivity contribution in [2.45, 2.75) is 32.8 Å². The second-order valence-electron chi connectivity index (χ2n) is 5.91. The van der Waals surface area contributed by atoms with Gasteiger partial charge in [0.2, 0.25) is 0 Å². The highest BCUT2D eigenvalue weighted by molar-refractivity contribution is 7.21. The number of thiophene rings is 1. The molecule has 1 aliphatic rings. The Bertz CT molecular complexity index is 738. The number of carbonyl (C=O) groups is 1. The fraction of sp³-hybridized carbons (Fsp3) is 0.500. The summed E-state index contributed by atoms with van der Waals surface area (Å²) in [5.41, 5.74) is 7.61. The van der Waals surface area contributed by atoms with Crippen molar-refractivity contribution in [1.29, 1.82) is 0 Å². The molecular formula is C14H18N4O2S. The first kappa shape index (κ1) is 14.2. The first-order valence-electron chi connectivity index (χ1n) is 6.84. The van der Waals surface area contributed by atoms with Crippen LogP contribution >= 0.6 is 11.3 Å². The van der Waals surface area contributed by atoms with Crippen LogP contribution in [0.15, 0.2) is 0 Å². The monoisotopic (exact) mass is 306 g/mol. The van der Waals surface area contributed by atoms with Crippen molar-refractivity contribution in [3.63, 3.8) is 0 Å². The number of amides is 1. The Kier molecular flexibility index (Phi) is 3.14. The molecule has 1 amide bonds. The topological polar surface area (TPSA) is 92.3 Å². The minimum absolute atomic E-state index is 0.134. The highest BCUT2D eigenvalue weighted by Gasteiger charge is 2.35. The lowest BCUT2D eigenvalue weighted by molar-refractivity contribution is 0.0575. The van der Waals surface area contributed by atoms with Crippen molar-refractivity contribution in [2.24, 2.45) is 0 Å². The number of fused-ring (bicyclic) bond motifs is 1. The maximum Gasteiger partial charge on any atom is 0.266 e. The van der Waals surface area contributed by atoms with Gasteiger partial charge in [-0.25, -0.2) is 0 Å². The first-order chi connectivity index (χ1) is 9.80. The predicted octanol–water partition coefficient (Wildman–Crippen LogP) is 1.49. The molecule has 0 spiro atoms. The van der Waals surface area contributed by atoms with Crippen LogP contribution in [0.3, 0.4) is 0 Å². The number of nitrogens with two attached hydrogens (primary N) is 1. The van der Waals surface area contributed by atoms with Crippen molar-refractivity contribution in [1.82, 2.24) is 15.1 Å². The number of likely N-dealkylation sites (tertiary alicyclic amines) is 1. The number of nitrogen functional groups attached to an aromatic ring is 1. The third kappa shape index (κ3) is 2.26. The van der Waals surface area contributed by atoms with Crippen LogP contribution < -0.4 is 5.73 Å². The predicted molar refractivity (Wildman–Crippen MR) is 82.4 cm³/mol. The minimum atomic E-state index is -0.812. The van der Waals surface area contributed by atoms with Gasteiger partial charge in [-0.15, -0.1) is 16.4 Å². The summed E-state index contributed by atoms with van der Waals surface area (Å²) in [6.45, 7) is 6.43. The molecule has 1 atom stereocenters. The molecule has 0 aliphatic carbocycles. The number of β-amino-alcohol motifs (C(OH)–C–C–N with tert-alkyl or cyclic N) is 1. The van der Waals surface area contributed by atoms with Gasteiger partial charge >= 0.3 is 0 Å². The number of nitrogens with zero attached hydrogens (tertiary/aromatic N) is 3. The average Bonchev–Trinajstić information content (AvgIpc) is 2.94. The average molecular weight is 306 g/mol. The van der Waals surface area contributed by atoms with Gasteiger partial charge in [-0.3, -0.25) is 4.79 Å². The fourth-order valence-corrected chi connectivity index (χ4v) is 3.73. The van der Waals surface area contributed by atoms with Gasteiger partial charge < -0.3 is 15.7 Å². The Hall–Kier alpha value is -1.73. The number of hydrogen-bond donors (Lipinski definition) is 2. The van der Waals surface area contributed by atoms with Crippen LogP contribution in [0.1, 0.15) is 34.3 Å². The summed E-state index contributed by atoms with van der Waals surface area (Å²) >= 11 is 1.27. The van der Waals surface area contributed by atoms with E-state index < -0.39 is 5.60 Å². The molecule has 0 bridgehead atoms. The molecule has 3 N–H and O–H groups in total. The summed E-state index contributed by atoms with van der Waals surface area (Å²) < 4.78 is 0. The molecule has 1 fully saturated rings. The molecule has 0 aromatic carbocycles. The molecule has 6 nitrogen and oxygen atoms in total. The van der Waals surface area contributed by atoms with Crippen molar-refractivity contribution in [3.05, 3.63) is 16.1 Å². The number of rotatable bonds is 1. The summed E-state index contributed by atoms with van der Waals surface area (Å²) in [7, 11) is 0. The zero-order valence-electron chi connectivity index (χ0n) is 12.3. The van der Waals surface area contributed by atoms with E-state index in [4.69, 9.17) is 5.73 Å². The Balaban J connectivity index is 2.04. The van der Waals surface area contributed by atoms with Crippen molar-refractivity contribution >= 4 is 33.1 Å². The van der Waals surface area contributed by atoms with E-state index in [9.17, 15) is 9.90 Å². The van der Waals surface area contributed by atoms with E-state index in [2.05, 4.69) is 10.2 Å². The highest BCUT2D eigenvalue weighted by atomic mass is 32.1. The van der Waals surface area contributed by atoms with Gasteiger partial charge in [0.1, 0.15) is 9.71 Å². The summed E-state index contributed by atoms with van der Waals surface area (Å²) in [6, 6.07) is 0. The molecular weight excluding hydrogens is 288 g/mol. The number of anilines is 1. The van der Waals surface area contributed by atoms with Gasteiger partial charge in [-0.2, -0.15) is 5.10 Å². The molecule has 21 heavy (non-hydrogen) atoms. The first-order valence-corrected chi connectivity index (χ1v) is 7.65. The number of aryl methyl sites for hydroxylation is 2. The van der Waals surface area contributed by atoms with E-state index in [1.165, 1.54) is 11.3 Å². The Labute approximate surface area is 126 Å². The number of carbonyl (C=O) groups excluding carboxylic acids is 1. The summed E-state index contributed by atoms with van der Waals surface area (Å²) in [4.78, 5) is 15.4. The lowest BCUT2D eigenvalue weighted by Crippen LogP contribution is -2.33. The van der Waals surface area contributed by atoms with Crippen LogP contribution in [0.4, 0.5) is 5.69 Å². The Morgan fingerprint density at radius 2 is 2.14 bits per heavy atom. The summed E-state index contributed by atoms with van der Waals surface area (Å²) in [5.74, 6) is -0.134. The minimum Gasteiger partial charge on any atom is -0.397 e. The lowest BCUT2D eigenvalue weighted by atomic mass is 10.1. The molecule has 0 radical (unpaired) electrons. The zero-order valence-corrected chi connectivity index (χ0v) is 13.1. The zero-order chi connectivity index (χ0) is 15.4. The van der Waals surface area contributed by atoms with E-state index in [0.717, 1.165) is 16.6 Å². The second-order valence-corrected chi connectivity index (χ2v) is 6.91. The lowest BCUT2D eigenvalue weighted by Gasteiger charge is -2.18. The molecule has 2 aromatic heterocycles. The number of aromatic nitrogens is 2. The van der Waals surface area contributed by atoms with E-state index in [0.29, 0.717) is 34.9 Å². The largest absolute Gasteiger partial charge is 0.397 e. The standard InChI is InChI=1S/C14H18N4O2S/c1-7-8(2)16-17-12-9(7)10(15)11(21-12)13(19)18-5-4-14(3,20)6-18/h20H,4-6,15H2,1-3H3. The van der Waals surface area contributed by atoms with Gasteiger partial charge in [0, 0.05) is 18.5 Å². The molecule has 3 rings (SSSR count). The number of hydrogen-bond acceptors (Lipinski definition) is 6. The van der Waals surface area contributed by atoms with Gasteiger partial charge in [-0.1, -0.05) is 0 Å². The molecule has 7 heteroatoms. The van der Waals surface area contributed by atoms with Crippen LogP contribution in [0, 0.1) is 13.8 Å². The van der Waals surface area contributed by atoms with Gasteiger partial charge in [0.15, 0.2) is 0 Å². The molecule has 0 saturated carbocycles. The van der Waals surface area contributed by atoms with Gasteiger partial charge in [0.05, 0.1) is 17.0 Å².